The van der Waals surface area contributed by atoms with Gasteiger partial charge in [-0.3, -0.25) is 10.1 Å². The fraction of sp³-hybridized carbons (Fsp3) is 0.269. The Kier molecular flexibility index (Phi) is 7.06. The molecule has 0 unspecified atom stereocenters. The molecule has 4 heterocycles. The molecule has 5 rings (SSSR count). The predicted molar refractivity (Wildman–Crippen MR) is 144 cm³/mol. The summed E-state index contributed by atoms with van der Waals surface area (Å²) >= 11 is 0.771. The highest BCUT2D eigenvalue weighted by Crippen LogP contribution is 2.39. The van der Waals surface area contributed by atoms with Gasteiger partial charge < -0.3 is 19.9 Å². The van der Waals surface area contributed by atoms with Crippen molar-refractivity contribution < 1.29 is 27.9 Å². The zero-order valence-corrected chi connectivity index (χ0v) is 22.1. The minimum atomic E-state index is -4.65. The number of hydrogen-bond acceptors (Lipinski definition) is 7. The summed E-state index contributed by atoms with van der Waals surface area (Å²) in [5, 5.41) is 15.8. The van der Waals surface area contributed by atoms with Crippen LogP contribution in [0.4, 0.5) is 23.8 Å². The number of benzene rings is 1. The number of thiazole rings is 1. The number of carbonyl (C=O) groups excluding carboxylic acids is 1. The molecular formula is C26H23F3N6O4S. The van der Waals surface area contributed by atoms with E-state index in [1.165, 1.54) is 24.5 Å². The van der Waals surface area contributed by atoms with Gasteiger partial charge in [0.1, 0.15) is 16.4 Å². The molecule has 0 radical (unpaired) electrons. The molecule has 14 heteroatoms. The molecule has 2 amide bonds. The Morgan fingerprint density at radius 1 is 1.20 bits per heavy atom. The molecule has 0 spiro atoms. The minimum Gasteiger partial charge on any atom is -0.477 e. The van der Waals surface area contributed by atoms with Crippen molar-refractivity contribution >= 4 is 40.1 Å². The fourth-order valence-electron chi connectivity index (χ4n) is 4.60. The number of halogens is 3. The van der Waals surface area contributed by atoms with E-state index >= 15 is 0 Å². The number of nitrogens with one attached hydrogen (secondary N) is 2. The summed E-state index contributed by atoms with van der Waals surface area (Å²) < 4.78 is 41.8. The van der Waals surface area contributed by atoms with E-state index in [-0.39, 0.29) is 33.4 Å². The van der Waals surface area contributed by atoms with Crippen LogP contribution in [0.2, 0.25) is 0 Å². The van der Waals surface area contributed by atoms with E-state index in [4.69, 9.17) is 0 Å². The fourth-order valence-corrected chi connectivity index (χ4v) is 5.46. The highest BCUT2D eigenvalue weighted by atomic mass is 32.1. The Morgan fingerprint density at radius 2 is 1.95 bits per heavy atom. The zero-order valence-electron chi connectivity index (χ0n) is 21.2. The number of likely N-dealkylation sites (tertiary alicyclic amines) is 1. The second-order valence-corrected chi connectivity index (χ2v) is 10.2. The van der Waals surface area contributed by atoms with Gasteiger partial charge in [0, 0.05) is 53.9 Å². The van der Waals surface area contributed by atoms with Crippen LogP contribution in [0.3, 0.4) is 0 Å². The standard InChI is InChI=1S/C26H23F3N6O4S/c1-3-30-25(39)33-21-7-15(23-32-20(12-40-23)26(27,28)29)17(8-31-21)13-4-5-19-16(6-13)22(36)18(24(37)38)11-35(19)14-9-34(2)10-14/h4-8,11-12,14H,3,9-10H2,1-2H3,(H,37,38)(H2,30,31,33,39). The summed E-state index contributed by atoms with van der Waals surface area (Å²) in [6, 6.07) is 5.73. The Morgan fingerprint density at radius 3 is 2.58 bits per heavy atom. The lowest BCUT2D eigenvalue weighted by molar-refractivity contribution is -0.140. The summed E-state index contributed by atoms with van der Waals surface area (Å²) in [5.74, 6) is -1.27. The van der Waals surface area contributed by atoms with Gasteiger partial charge in [-0.1, -0.05) is 6.07 Å². The number of hydrogen-bond donors (Lipinski definition) is 3. The minimum absolute atomic E-state index is 0.0231. The zero-order chi connectivity index (χ0) is 28.8. The van der Waals surface area contributed by atoms with Crippen LogP contribution in [0.25, 0.3) is 32.6 Å². The van der Waals surface area contributed by atoms with E-state index < -0.39 is 29.3 Å². The van der Waals surface area contributed by atoms with Crippen LogP contribution in [0.15, 0.2) is 46.8 Å². The van der Waals surface area contributed by atoms with Crippen LogP contribution >= 0.6 is 11.3 Å². The number of nitrogens with zero attached hydrogens (tertiary/aromatic N) is 4. The Hall–Kier alpha value is -4.30. The second-order valence-electron chi connectivity index (χ2n) is 9.33. The molecule has 0 saturated carbocycles. The average molecular weight is 573 g/mol. The Balaban J connectivity index is 1.68. The van der Waals surface area contributed by atoms with Gasteiger partial charge in [-0.15, -0.1) is 11.3 Å². The number of pyridine rings is 2. The van der Waals surface area contributed by atoms with E-state index in [1.54, 1.807) is 23.6 Å². The molecular weight excluding hydrogens is 549 g/mol. The SMILES string of the molecule is CCNC(=O)Nc1cc(-c2nc(C(F)(F)F)cs2)c(-c2ccc3c(c2)c(=O)c(C(=O)O)cn3C2CN(C)C2)cn1. The van der Waals surface area contributed by atoms with Crippen molar-refractivity contribution in [2.75, 3.05) is 32.0 Å². The maximum Gasteiger partial charge on any atom is 0.434 e. The number of fused-ring (bicyclic) bond motifs is 1. The first-order valence-corrected chi connectivity index (χ1v) is 13.0. The number of carboxylic acids is 1. The maximum absolute atomic E-state index is 13.3. The van der Waals surface area contributed by atoms with E-state index in [9.17, 15) is 32.7 Å². The van der Waals surface area contributed by atoms with Gasteiger partial charge in [0.05, 0.1) is 11.6 Å². The summed E-state index contributed by atoms with van der Waals surface area (Å²) in [7, 11) is 1.93. The number of rotatable bonds is 6. The third-order valence-electron chi connectivity index (χ3n) is 6.52. The van der Waals surface area contributed by atoms with Gasteiger partial charge in [-0.05, 0) is 37.7 Å². The molecule has 1 aliphatic rings. The first-order chi connectivity index (χ1) is 19.0. The lowest BCUT2D eigenvalue weighted by Gasteiger charge is -2.38. The Bertz CT molecular complexity index is 1690. The summed E-state index contributed by atoms with van der Waals surface area (Å²) in [4.78, 5) is 47.2. The van der Waals surface area contributed by atoms with Crippen molar-refractivity contribution in [2.45, 2.75) is 19.1 Å². The predicted octanol–water partition coefficient (Wildman–Crippen LogP) is 4.53. The number of likely N-dealkylation sites (N-methyl/N-ethyl adjacent to an activating group) is 1. The molecule has 0 atom stereocenters. The van der Waals surface area contributed by atoms with Crippen molar-refractivity contribution in [2.24, 2.45) is 0 Å². The normalized spacial score (nSPS) is 14.2. The number of urea groups is 1. The molecule has 1 aliphatic heterocycles. The van der Waals surface area contributed by atoms with Gasteiger partial charge in [0.2, 0.25) is 5.43 Å². The van der Waals surface area contributed by atoms with Gasteiger partial charge in [-0.2, -0.15) is 13.2 Å². The number of aromatic carboxylic acids is 1. The van der Waals surface area contributed by atoms with Crippen molar-refractivity contribution in [1.82, 2.24) is 24.8 Å². The molecule has 10 nitrogen and oxygen atoms in total. The smallest absolute Gasteiger partial charge is 0.434 e. The number of anilines is 1. The maximum atomic E-state index is 13.3. The van der Waals surface area contributed by atoms with E-state index in [2.05, 4.69) is 25.5 Å². The molecule has 0 aliphatic carbocycles. The van der Waals surface area contributed by atoms with Crippen LogP contribution in [0.1, 0.15) is 29.0 Å². The highest BCUT2D eigenvalue weighted by molar-refractivity contribution is 7.13. The molecule has 4 aromatic rings. The van der Waals surface area contributed by atoms with Crippen molar-refractivity contribution in [3.8, 4) is 21.7 Å². The number of aromatic nitrogens is 3. The summed E-state index contributed by atoms with van der Waals surface area (Å²) in [6.45, 7) is 3.43. The first-order valence-electron chi connectivity index (χ1n) is 12.2. The van der Waals surface area contributed by atoms with Crippen LogP contribution in [0, 0.1) is 0 Å². The summed E-state index contributed by atoms with van der Waals surface area (Å²) in [6.07, 6.45) is -1.93. The molecule has 1 fully saturated rings. The van der Waals surface area contributed by atoms with Gasteiger partial charge in [0.15, 0.2) is 5.69 Å². The number of alkyl halides is 3. The largest absolute Gasteiger partial charge is 0.477 e. The lowest BCUT2D eigenvalue weighted by atomic mass is 9.98. The summed E-state index contributed by atoms with van der Waals surface area (Å²) in [5.41, 5.74) is -0.570. The Labute approximate surface area is 229 Å². The third kappa shape index (κ3) is 5.14. The van der Waals surface area contributed by atoms with Crippen LogP contribution in [-0.4, -0.2) is 63.2 Å². The van der Waals surface area contributed by atoms with Crippen LogP contribution in [0.5, 0.6) is 0 Å². The molecule has 208 valence electrons. The number of amides is 2. The molecule has 1 aromatic carbocycles. The molecule has 1 saturated heterocycles. The van der Waals surface area contributed by atoms with E-state index in [1.807, 2.05) is 7.05 Å². The van der Waals surface area contributed by atoms with E-state index in [0.29, 0.717) is 36.3 Å². The lowest BCUT2D eigenvalue weighted by Crippen LogP contribution is -2.45. The van der Waals surface area contributed by atoms with Crippen molar-refractivity contribution in [1.29, 1.82) is 0 Å². The van der Waals surface area contributed by atoms with Crippen molar-refractivity contribution in [3.05, 3.63) is 63.5 Å². The average Bonchev–Trinajstić information content (AvgIpc) is 3.38. The number of carbonyl (C=O) groups is 2. The monoisotopic (exact) mass is 572 g/mol. The quantitative estimate of drug-likeness (QED) is 0.310. The molecule has 0 bridgehead atoms. The highest BCUT2D eigenvalue weighted by Gasteiger charge is 2.34. The molecule has 40 heavy (non-hydrogen) atoms. The second kappa shape index (κ2) is 10.4. The van der Waals surface area contributed by atoms with Gasteiger partial charge in [0.25, 0.3) is 0 Å². The van der Waals surface area contributed by atoms with Crippen LogP contribution < -0.4 is 16.1 Å². The molecule has 3 aromatic heterocycles. The van der Waals surface area contributed by atoms with Gasteiger partial charge in [-0.25, -0.2) is 19.6 Å². The van der Waals surface area contributed by atoms with Crippen molar-refractivity contribution in [3.63, 3.8) is 0 Å². The topological polar surface area (TPSA) is 129 Å². The number of carboxylic acid groups (broad SMARTS) is 1. The van der Waals surface area contributed by atoms with Crippen LogP contribution in [-0.2, 0) is 6.18 Å². The van der Waals surface area contributed by atoms with Gasteiger partial charge >= 0.3 is 18.2 Å². The third-order valence-corrected chi connectivity index (χ3v) is 7.40. The molecule has 3 N–H and O–H groups in total. The van der Waals surface area contributed by atoms with E-state index in [0.717, 1.165) is 16.7 Å². The first kappa shape index (κ1) is 27.3.